The molecule has 7 amide bonds. The number of ether oxygens (including phenoxy) is 6. The Bertz CT molecular complexity index is 2110. The van der Waals surface area contributed by atoms with Crippen LogP contribution in [0.1, 0.15) is 91.5 Å². The number of nitrogens with zero attached hydrogens (tertiary/aromatic N) is 4. The first-order chi connectivity index (χ1) is 36.4. The number of methoxy groups -OCH3 is 2. The van der Waals surface area contributed by atoms with Crippen LogP contribution in [0, 0.1) is 23.7 Å². The highest BCUT2D eigenvalue weighted by Gasteiger charge is 2.52. The van der Waals surface area contributed by atoms with E-state index in [2.05, 4.69) is 10.6 Å². The first kappa shape index (κ1) is 61.5. The maximum absolute atomic E-state index is 14.7. The molecular formula is C55H84N6O15. The van der Waals surface area contributed by atoms with E-state index in [1.165, 1.54) is 26.4 Å². The zero-order chi connectivity index (χ0) is 55.5. The number of hydrogen-bond acceptors (Lipinski definition) is 14. The van der Waals surface area contributed by atoms with Crippen molar-refractivity contribution in [2.24, 2.45) is 23.7 Å². The van der Waals surface area contributed by atoms with Gasteiger partial charge in [0.1, 0.15) is 18.1 Å². The molecule has 5 rings (SSSR count). The van der Waals surface area contributed by atoms with Crippen molar-refractivity contribution in [3.8, 4) is 0 Å². The summed E-state index contributed by atoms with van der Waals surface area (Å²) in [5.41, 5.74) is 0.764. The van der Waals surface area contributed by atoms with Gasteiger partial charge in [-0.2, -0.15) is 0 Å². The number of likely N-dealkylation sites (N-methyl/N-ethyl adjacent to an activating group) is 1. The van der Waals surface area contributed by atoms with Crippen LogP contribution in [-0.4, -0.2) is 208 Å². The summed E-state index contributed by atoms with van der Waals surface area (Å²) in [6, 6.07) is 5.09. The molecule has 3 fully saturated rings. The van der Waals surface area contributed by atoms with E-state index in [4.69, 9.17) is 28.4 Å². The fraction of sp³-hybridized carbons (Fsp3) is 0.709. The van der Waals surface area contributed by atoms with Crippen LogP contribution < -0.4 is 10.6 Å². The molecule has 21 heteroatoms. The van der Waals surface area contributed by atoms with Gasteiger partial charge in [-0.25, -0.2) is 4.79 Å². The van der Waals surface area contributed by atoms with Crippen LogP contribution in [0.25, 0.3) is 0 Å². The number of rotatable bonds is 34. The number of nitrogens with one attached hydrogen (secondary N) is 2. The van der Waals surface area contributed by atoms with Crippen molar-refractivity contribution in [2.45, 2.75) is 141 Å². The van der Waals surface area contributed by atoms with Crippen molar-refractivity contribution in [1.82, 2.24) is 30.2 Å². The third-order valence-electron chi connectivity index (χ3n) is 15.5. The Hall–Kier alpha value is -5.32. The number of benzene rings is 1. The number of carboxylic acids is 1. The maximum Gasteiger partial charge on any atom is 0.326 e. The average molecular weight is 1070 g/mol. The Morgan fingerprint density at radius 1 is 0.789 bits per heavy atom. The van der Waals surface area contributed by atoms with Gasteiger partial charge in [0.05, 0.1) is 102 Å². The van der Waals surface area contributed by atoms with Crippen LogP contribution >= 0.6 is 0 Å². The van der Waals surface area contributed by atoms with Crippen molar-refractivity contribution >= 4 is 47.3 Å². The quantitative estimate of drug-likeness (QED) is 0.0663. The molecule has 2 saturated heterocycles. The van der Waals surface area contributed by atoms with Gasteiger partial charge >= 0.3 is 5.97 Å². The zero-order valence-corrected chi connectivity index (χ0v) is 45.9. The van der Waals surface area contributed by atoms with E-state index < -0.39 is 60.2 Å². The molecule has 3 N–H and O–H groups in total. The van der Waals surface area contributed by atoms with E-state index >= 15 is 0 Å². The molecule has 4 aliphatic rings. The molecule has 0 aromatic heterocycles. The largest absolute Gasteiger partial charge is 0.480 e. The van der Waals surface area contributed by atoms with Gasteiger partial charge in [0.2, 0.25) is 29.5 Å². The summed E-state index contributed by atoms with van der Waals surface area (Å²) >= 11 is 0. The molecule has 76 heavy (non-hydrogen) atoms. The number of imide groups is 1. The molecule has 21 nitrogen and oxygen atoms in total. The number of fused-ring (bicyclic) bond motifs is 2. The highest BCUT2D eigenvalue weighted by molar-refractivity contribution is 6.12. The van der Waals surface area contributed by atoms with Crippen LogP contribution in [0.4, 0.5) is 0 Å². The summed E-state index contributed by atoms with van der Waals surface area (Å²) < 4.78 is 34.2. The lowest BCUT2D eigenvalue weighted by atomic mass is 9.89. The van der Waals surface area contributed by atoms with E-state index in [1.54, 1.807) is 52.9 Å². The summed E-state index contributed by atoms with van der Waals surface area (Å²) in [6.07, 6.45) is 5.29. The number of carboxylic acid groups (broad SMARTS) is 1. The normalized spacial score (nSPS) is 21.9. The Kier molecular flexibility index (Phi) is 24.8. The number of amides is 7. The van der Waals surface area contributed by atoms with E-state index in [1.807, 2.05) is 33.8 Å². The summed E-state index contributed by atoms with van der Waals surface area (Å²) in [7, 11) is 4.67. The van der Waals surface area contributed by atoms with Gasteiger partial charge in [-0.3, -0.25) is 38.5 Å². The molecule has 1 saturated carbocycles. The molecule has 0 spiro atoms. The molecule has 3 heterocycles. The SMILES string of the molecule is CC[C@H](C)[C@@H]([C@@H](CC(=O)N1CCC[C@H]1[C@H](OC)[C@@H](C)C(=O)N[C@@H](Cc1ccccc1)C(=O)O)OC)N(C)C(=O)[C@@H](NC(=O)[C@@H]1[C@H]2CC[C@H](C2)N1C(=O)CCOCCOCCOCCOCCN1C(=O)C=CC1=O)C(C)C. The molecule has 424 valence electrons. The standard InChI is InChI=1S/C55H84N6O15/c1-9-36(4)49(43(71-7)34-47(65)59-22-13-16-42(59)51(72-8)37(5)52(66)56-41(55(69)70)32-38-14-11-10-12-15-38)58(6)54(68)48(35(2)3)57-53(67)50-39-17-18-40(33-39)61(50)46(64)21-24-73-26-28-75-30-31-76-29-27-74-25-23-60-44(62)19-20-45(60)63/h10-12,14-15,19-20,35-37,39-43,48-51H,9,13,16-18,21-34H2,1-8H3,(H,56,66)(H,57,67)(H,69,70)/t36-,37+,39-,40+,41-,42-,43+,48-,49-,50-,51+/m0/s1. The molecule has 2 bridgehead atoms. The lowest BCUT2D eigenvalue weighted by molar-refractivity contribution is -0.149. The second-order valence-electron chi connectivity index (χ2n) is 20.7. The zero-order valence-electron chi connectivity index (χ0n) is 45.9. The van der Waals surface area contributed by atoms with E-state index in [-0.39, 0.29) is 105 Å². The summed E-state index contributed by atoms with van der Waals surface area (Å²) in [4.78, 5) is 112. The number of aliphatic carboxylic acids is 1. The number of carbonyl (C=O) groups excluding carboxylic acids is 7. The Balaban J connectivity index is 1.10. The van der Waals surface area contributed by atoms with E-state index in [9.17, 15) is 43.5 Å². The highest BCUT2D eigenvalue weighted by Crippen LogP contribution is 2.43. The Morgan fingerprint density at radius 3 is 1.99 bits per heavy atom. The van der Waals surface area contributed by atoms with Gasteiger partial charge in [0.25, 0.3) is 11.8 Å². The van der Waals surface area contributed by atoms with Gasteiger partial charge in [0, 0.05) is 52.4 Å². The number of likely N-dealkylation sites (tertiary alicyclic amines) is 2. The van der Waals surface area contributed by atoms with Crippen molar-refractivity contribution < 1.29 is 71.9 Å². The predicted octanol–water partition coefficient (Wildman–Crippen LogP) is 2.62. The van der Waals surface area contributed by atoms with E-state index in [0.29, 0.717) is 65.3 Å². The monoisotopic (exact) mass is 1070 g/mol. The third kappa shape index (κ3) is 16.6. The molecule has 1 aromatic carbocycles. The molecule has 0 unspecified atom stereocenters. The van der Waals surface area contributed by atoms with Crippen LogP contribution in [0.2, 0.25) is 0 Å². The number of carbonyl (C=O) groups is 8. The molecule has 1 aromatic rings. The van der Waals surface area contributed by atoms with E-state index in [0.717, 1.165) is 23.3 Å². The molecule has 0 radical (unpaired) electrons. The third-order valence-corrected chi connectivity index (χ3v) is 15.5. The first-order valence-electron chi connectivity index (χ1n) is 27.1. The molecule has 1 aliphatic carbocycles. The van der Waals surface area contributed by atoms with Crippen LogP contribution in [0.3, 0.4) is 0 Å². The smallest absolute Gasteiger partial charge is 0.326 e. The minimum Gasteiger partial charge on any atom is -0.480 e. The van der Waals surface area contributed by atoms with Crippen molar-refractivity contribution in [3.05, 3.63) is 48.0 Å². The minimum absolute atomic E-state index is 0.0379. The second-order valence-corrected chi connectivity index (χ2v) is 20.7. The first-order valence-corrected chi connectivity index (χ1v) is 27.1. The highest BCUT2D eigenvalue weighted by atomic mass is 16.6. The number of piperidine rings is 1. The van der Waals surface area contributed by atoms with Crippen molar-refractivity contribution in [3.63, 3.8) is 0 Å². The second kappa shape index (κ2) is 30.6. The van der Waals surface area contributed by atoms with Gasteiger partial charge in [-0.1, -0.05) is 71.4 Å². The average Bonchev–Trinajstić information content (AvgIpc) is 4.23. The van der Waals surface area contributed by atoms with Crippen molar-refractivity contribution in [2.75, 3.05) is 87.2 Å². The fourth-order valence-corrected chi connectivity index (χ4v) is 11.2. The molecular weight excluding hydrogens is 985 g/mol. The molecule has 11 atom stereocenters. The van der Waals surface area contributed by atoms with Gasteiger partial charge in [-0.15, -0.1) is 0 Å². The van der Waals surface area contributed by atoms with Gasteiger partial charge < -0.3 is 58.9 Å². The topological polar surface area (TPSA) is 249 Å². The predicted molar refractivity (Wildman–Crippen MR) is 278 cm³/mol. The lowest BCUT2D eigenvalue weighted by Crippen LogP contribution is -2.60. The Morgan fingerprint density at radius 2 is 1.41 bits per heavy atom. The van der Waals surface area contributed by atoms with Gasteiger partial charge in [0.15, 0.2) is 0 Å². The summed E-state index contributed by atoms with van der Waals surface area (Å²) in [5, 5.41) is 15.7. The van der Waals surface area contributed by atoms with Crippen LogP contribution in [0.5, 0.6) is 0 Å². The summed E-state index contributed by atoms with van der Waals surface area (Å²) in [5.74, 6) is -4.78. The van der Waals surface area contributed by atoms with Crippen LogP contribution in [0.15, 0.2) is 42.5 Å². The van der Waals surface area contributed by atoms with Crippen LogP contribution in [-0.2, 0) is 73.2 Å². The summed E-state index contributed by atoms with van der Waals surface area (Å²) in [6.45, 7) is 12.2. The minimum atomic E-state index is -1.16. The van der Waals surface area contributed by atoms with Gasteiger partial charge in [-0.05, 0) is 55.4 Å². The lowest BCUT2D eigenvalue weighted by Gasteiger charge is -2.41. The Labute approximate surface area is 448 Å². The van der Waals surface area contributed by atoms with Crippen molar-refractivity contribution in [1.29, 1.82) is 0 Å². The fourth-order valence-electron chi connectivity index (χ4n) is 11.2. The number of hydrogen-bond donors (Lipinski definition) is 3. The maximum atomic E-state index is 14.7. The molecule has 3 aliphatic heterocycles.